The number of nitrogens with two attached hydrogens (primary N) is 1. The van der Waals surface area contributed by atoms with E-state index in [1.807, 2.05) is 0 Å². The Balaban J connectivity index is 2.24. The Bertz CT molecular complexity index is 617. The number of nitrogens with zero attached hydrogens (tertiary/aromatic N) is 1. The molecule has 2 rings (SSSR count). The maximum atomic E-state index is 13.0. The van der Waals surface area contributed by atoms with Crippen LogP contribution >= 0.6 is 0 Å². The van der Waals surface area contributed by atoms with Crippen molar-refractivity contribution in [1.29, 1.82) is 0 Å². The van der Waals surface area contributed by atoms with Crippen molar-refractivity contribution in [2.75, 3.05) is 18.2 Å². The minimum absolute atomic E-state index is 0.350. The summed E-state index contributed by atoms with van der Waals surface area (Å²) in [6, 6.07) is 5.96. The number of nitrogen functional groups attached to an aromatic ring is 1. The average molecular weight is 261 g/mol. The SMILES string of the molecule is COC(=O)c1ccc(Nc2cncc(F)c2)c(N)c1. The number of pyridine rings is 1. The van der Waals surface area contributed by atoms with Gasteiger partial charge in [0.15, 0.2) is 0 Å². The zero-order valence-electron chi connectivity index (χ0n) is 10.2. The summed E-state index contributed by atoms with van der Waals surface area (Å²) in [5.74, 6) is -0.916. The van der Waals surface area contributed by atoms with Crippen molar-refractivity contribution in [3.63, 3.8) is 0 Å². The molecule has 0 saturated carbocycles. The molecule has 0 bridgehead atoms. The van der Waals surface area contributed by atoms with E-state index in [-0.39, 0.29) is 0 Å². The van der Waals surface area contributed by atoms with Gasteiger partial charge < -0.3 is 15.8 Å². The highest BCUT2D eigenvalue weighted by Gasteiger charge is 2.08. The summed E-state index contributed by atoms with van der Waals surface area (Å²) in [6.45, 7) is 0. The van der Waals surface area contributed by atoms with Crippen LogP contribution < -0.4 is 11.1 Å². The molecule has 3 N–H and O–H groups in total. The summed E-state index contributed by atoms with van der Waals surface area (Å²) in [6.07, 6.45) is 2.58. The van der Waals surface area contributed by atoms with Crippen LogP contribution in [0, 0.1) is 5.82 Å². The molecule has 0 aliphatic rings. The first-order valence-corrected chi connectivity index (χ1v) is 5.45. The second-order valence-corrected chi connectivity index (χ2v) is 3.81. The molecule has 0 amide bonds. The average Bonchev–Trinajstić information content (AvgIpc) is 2.40. The molecule has 1 aromatic carbocycles. The Kier molecular flexibility index (Phi) is 3.61. The molecule has 2 aromatic rings. The van der Waals surface area contributed by atoms with Gasteiger partial charge in [-0.15, -0.1) is 0 Å². The highest BCUT2D eigenvalue weighted by Crippen LogP contribution is 2.24. The molecular formula is C13H12FN3O2. The van der Waals surface area contributed by atoms with E-state index < -0.39 is 11.8 Å². The lowest BCUT2D eigenvalue weighted by atomic mass is 10.1. The number of esters is 1. The van der Waals surface area contributed by atoms with Crippen molar-refractivity contribution in [1.82, 2.24) is 4.98 Å². The number of hydrogen-bond donors (Lipinski definition) is 2. The topological polar surface area (TPSA) is 77.2 Å². The number of anilines is 3. The van der Waals surface area contributed by atoms with Gasteiger partial charge in [-0.3, -0.25) is 4.98 Å². The zero-order chi connectivity index (χ0) is 13.8. The van der Waals surface area contributed by atoms with Gasteiger partial charge in [0.1, 0.15) is 5.82 Å². The number of carbonyl (C=O) groups excluding carboxylic acids is 1. The van der Waals surface area contributed by atoms with Crippen LogP contribution in [-0.2, 0) is 4.74 Å². The second kappa shape index (κ2) is 5.34. The maximum Gasteiger partial charge on any atom is 0.337 e. The largest absolute Gasteiger partial charge is 0.465 e. The van der Waals surface area contributed by atoms with Crippen LogP contribution in [0.4, 0.5) is 21.5 Å². The Morgan fingerprint density at radius 3 is 2.79 bits per heavy atom. The van der Waals surface area contributed by atoms with Crippen LogP contribution in [0.1, 0.15) is 10.4 Å². The fourth-order valence-electron chi connectivity index (χ4n) is 1.56. The smallest absolute Gasteiger partial charge is 0.337 e. The Morgan fingerprint density at radius 1 is 1.37 bits per heavy atom. The summed E-state index contributed by atoms with van der Waals surface area (Å²) < 4.78 is 17.6. The van der Waals surface area contributed by atoms with Crippen LogP contribution in [0.3, 0.4) is 0 Å². The van der Waals surface area contributed by atoms with Crippen LogP contribution in [-0.4, -0.2) is 18.1 Å². The van der Waals surface area contributed by atoms with Crippen LogP contribution in [0.2, 0.25) is 0 Å². The molecule has 98 valence electrons. The van der Waals surface area contributed by atoms with Crippen molar-refractivity contribution in [2.45, 2.75) is 0 Å². The third kappa shape index (κ3) is 2.98. The molecule has 0 fully saturated rings. The first-order chi connectivity index (χ1) is 9.10. The number of nitrogens with one attached hydrogen (secondary N) is 1. The fourth-order valence-corrected chi connectivity index (χ4v) is 1.56. The number of halogens is 1. The van der Waals surface area contributed by atoms with Crippen molar-refractivity contribution < 1.29 is 13.9 Å². The summed E-state index contributed by atoms with van der Waals surface area (Å²) in [4.78, 5) is 15.0. The quantitative estimate of drug-likeness (QED) is 0.655. The molecule has 1 heterocycles. The molecule has 6 heteroatoms. The first kappa shape index (κ1) is 12.8. The van der Waals surface area contributed by atoms with Gasteiger partial charge in [0, 0.05) is 6.07 Å². The van der Waals surface area contributed by atoms with E-state index >= 15 is 0 Å². The molecule has 0 unspecified atom stereocenters. The van der Waals surface area contributed by atoms with E-state index in [2.05, 4.69) is 15.0 Å². The molecule has 0 radical (unpaired) electrons. The number of aromatic nitrogens is 1. The molecule has 0 spiro atoms. The Labute approximate surface area is 109 Å². The number of methoxy groups -OCH3 is 1. The minimum atomic E-state index is -0.467. The number of rotatable bonds is 3. The van der Waals surface area contributed by atoms with Crippen molar-refractivity contribution >= 4 is 23.0 Å². The van der Waals surface area contributed by atoms with Gasteiger partial charge in [0.05, 0.1) is 42.1 Å². The van der Waals surface area contributed by atoms with Gasteiger partial charge in [-0.25, -0.2) is 9.18 Å². The second-order valence-electron chi connectivity index (χ2n) is 3.81. The monoisotopic (exact) mass is 261 g/mol. The highest BCUT2D eigenvalue weighted by molar-refractivity contribution is 5.92. The highest BCUT2D eigenvalue weighted by atomic mass is 19.1. The molecule has 5 nitrogen and oxygen atoms in total. The third-order valence-electron chi connectivity index (χ3n) is 2.46. The number of carbonyl (C=O) groups is 1. The van der Waals surface area contributed by atoms with E-state index in [0.717, 1.165) is 6.20 Å². The van der Waals surface area contributed by atoms with Crippen LogP contribution in [0.25, 0.3) is 0 Å². The summed E-state index contributed by atoms with van der Waals surface area (Å²) in [5.41, 5.74) is 7.54. The maximum absolute atomic E-state index is 13.0. The van der Waals surface area contributed by atoms with Crippen LogP contribution in [0.5, 0.6) is 0 Å². The molecule has 0 aliphatic heterocycles. The third-order valence-corrected chi connectivity index (χ3v) is 2.46. The van der Waals surface area contributed by atoms with Crippen molar-refractivity contribution in [2.24, 2.45) is 0 Å². The Morgan fingerprint density at radius 2 is 2.16 bits per heavy atom. The van der Waals surface area contributed by atoms with E-state index in [9.17, 15) is 9.18 Å². The number of benzene rings is 1. The predicted octanol–water partition coefficient (Wildman–Crippen LogP) is 2.33. The van der Waals surface area contributed by atoms with E-state index in [0.29, 0.717) is 22.6 Å². The lowest BCUT2D eigenvalue weighted by molar-refractivity contribution is 0.0601. The van der Waals surface area contributed by atoms with Gasteiger partial charge in [-0.1, -0.05) is 0 Å². The van der Waals surface area contributed by atoms with Crippen molar-refractivity contribution in [3.8, 4) is 0 Å². The summed E-state index contributed by atoms with van der Waals surface area (Å²) in [5, 5.41) is 2.92. The molecular weight excluding hydrogens is 249 g/mol. The van der Waals surface area contributed by atoms with Gasteiger partial charge in [0.25, 0.3) is 0 Å². The van der Waals surface area contributed by atoms with Crippen molar-refractivity contribution in [3.05, 3.63) is 48.0 Å². The number of ether oxygens (including phenoxy) is 1. The molecule has 0 atom stereocenters. The van der Waals surface area contributed by atoms with E-state index in [1.54, 1.807) is 12.1 Å². The van der Waals surface area contributed by atoms with E-state index in [1.165, 1.54) is 25.4 Å². The standard InChI is InChI=1S/C13H12FN3O2/c1-19-13(18)8-2-3-12(11(15)4-8)17-10-5-9(14)6-16-7-10/h2-7,17H,15H2,1H3. The molecule has 1 aromatic heterocycles. The lowest BCUT2D eigenvalue weighted by Crippen LogP contribution is -2.04. The van der Waals surface area contributed by atoms with Gasteiger partial charge in [0.2, 0.25) is 0 Å². The predicted molar refractivity (Wildman–Crippen MR) is 69.7 cm³/mol. The zero-order valence-corrected chi connectivity index (χ0v) is 10.2. The van der Waals surface area contributed by atoms with Gasteiger partial charge >= 0.3 is 5.97 Å². The Hall–Kier alpha value is -2.63. The van der Waals surface area contributed by atoms with E-state index in [4.69, 9.17) is 5.73 Å². The molecule has 0 aliphatic carbocycles. The number of hydrogen-bond acceptors (Lipinski definition) is 5. The minimum Gasteiger partial charge on any atom is -0.465 e. The molecule has 19 heavy (non-hydrogen) atoms. The first-order valence-electron chi connectivity index (χ1n) is 5.45. The lowest BCUT2D eigenvalue weighted by Gasteiger charge is -2.10. The van der Waals surface area contributed by atoms with Crippen LogP contribution in [0.15, 0.2) is 36.7 Å². The summed E-state index contributed by atoms with van der Waals surface area (Å²) in [7, 11) is 1.29. The fraction of sp³-hybridized carbons (Fsp3) is 0.0769. The molecule has 0 saturated heterocycles. The normalized spacial score (nSPS) is 10.0. The summed E-state index contributed by atoms with van der Waals surface area (Å²) >= 11 is 0. The van der Waals surface area contributed by atoms with Gasteiger partial charge in [-0.2, -0.15) is 0 Å². The van der Waals surface area contributed by atoms with Gasteiger partial charge in [-0.05, 0) is 18.2 Å².